The molecule has 7 nitrogen and oxygen atoms in total. The van der Waals surface area contributed by atoms with Gasteiger partial charge in [-0.2, -0.15) is 5.10 Å². The predicted molar refractivity (Wildman–Crippen MR) is 62.9 cm³/mol. The Morgan fingerprint density at radius 2 is 2.24 bits per heavy atom. The summed E-state index contributed by atoms with van der Waals surface area (Å²) in [5.74, 6) is -0.612. The van der Waals surface area contributed by atoms with E-state index in [0.29, 0.717) is 17.7 Å². The third kappa shape index (κ3) is 4.16. The van der Waals surface area contributed by atoms with E-state index in [2.05, 4.69) is 10.4 Å². The van der Waals surface area contributed by atoms with E-state index in [9.17, 15) is 13.2 Å². The van der Waals surface area contributed by atoms with Gasteiger partial charge in [0.15, 0.2) is 0 Å². The van der Waals surface area contributed by atoms with Gasteiger partial charge >= 0.3 is 0 Å². The van der Waals surface area contributed by atoms with Crippen molar-refractivity contribution in [3.05, 3.63) is 17.5 Å². The van der Waals surface area contributed by atoms with Crippen LogP contribution in [0.1, 0.15) is 23.0 Å². The summed E-state index contributed by atoms with van der Waals surface area (Å²) < 4.78 is 22.9. The Morgan fingerprint density at radius 3 is 2.76 bits per heavy atom. The number of sulfonamides is 1. The highest BCUT2D eigenvalue weighted by atomic mass is 32.2. The highest BCUT2D eigenvalue weighted by molar-refractivity contribution is 7.89. The van der Waals surface area contributed by atoms with Gasteiger partial charge in [0, 0.05) is 19.8 Å². The smallest absolute Gasteiger partial charge is 0.254 e. The van der Waals surface area contributed by atoms with Crippen molar-refractivity contribution >= 4 is 15.9 Å². The number of hydrogen-bond donors (Lipinski definition) is 2. The van der Waals surface area contributed by atoms with Gasteiger partial charge in [0.2, 0.25) is 10.0 Å². The summed E-state index contributed by atoms with van der Waals surface area (Å²) in [6.45, 7) is 1.89. The summed E-state index contributed by atoms with van der Waals surface area (Å²) in [6, 6.07) is 0. The van der Waals surface area contributed by atoms with Gasteiger partial charge in [-0.15, -0.1) is 0 Å². The topological polar surface area (TPSA) is 107 Å². The maximum Gasteiger partial charge on any atom is 0.254 e. The maximum atomic E-state index is 11.7. The molecule has 0 fully saturated rings. The van der Waals surface area contributed by atoms with Crippen LogP contribution in [0.3, 0.4) is 0 Å². The molecule has 8 heteroatoms. The molecule has 0 saturated heterocycles. The summed E-state index contributed by atoms with van der Waals surface area (Å²) in [4.78, 5) is 11.7. The molecule has 0 radical (unpaired) electrons. The first-order valence-electron chi connectivity index (χ1n) is 5.14. The van der Waals surface area contributed by atoms with Crippen LogP contribution in [0.15, 0.2) is 6.20 Å². The standard InChI is InChI=1S/C9H16N4O3S/c1-3-8-7(6-13(2)12-8)9(14)11-4-5-17(10,15)16/h6H,3-5H2,1-2H3,(H,11,14)(H2,10,15,16). The van der Waals surface area contributed by atoms with Crippen LogP contribution >= 0.6 is 0 Å². The second kappa shape index (κ2) is 5.28. The molecule has 1 aromatic heterocycles. The van der Waals surface area contributed by atoms with Crippen LogP contribution in [0.25, 0.3) is 0 Å². The summed E-state index contributed by atoms with van der Waals surface area (Å²) in [5, 5.41) is 11.4. The van der Waals surface area contributed by atoms with Gasteiger partial charge in [0.05, 0.1) is 17.0 Å². The highest BCUT2D eigenvalue weighted by Crippen LogP contribution is 2.06. The molecule has 17 heavy (non-hydrogen) atoms. The second-order valence-electron chi connectivity index (χ2n) is 3.64. The molecule has 3 N–H and O–H groups in total. The molecule has 0 spiro atoms. The lowest BCUT2D eigenvalue weighted by molar-refractivity contribution is 0.0955. The van der Waals surface area contributed by atoms with Crippen LogP contribution in [-0.4, -0.2) is 36.4 Å². The minimum Gasteiger partial charge on any atom is -0.351 e. The predicted octanol–water partition coefficient (Wildman–Crippen LogP) is -0.999. The molecule has 0 bridgehead atoms. The van der Waals surface area contributed by atoms with Gasteiger partial charge < -0.3 is 5.32 Å². The van der Waals surface area contributed by atoms with E-state index in [1.165, 1.54) is 0 Å². The Hall–Kier alpha value is -1.41. The molecule has 0 aliphatic heterocycles. The first-order chi connectivity index (χ1) is 7.83. The van der Waals surface area contributed by atoms with E-state index >= 15 is 0 Å². The summed E-state index contributed by atoms with van der Waals surface area (Å²) in [7, 11) is -1.83. The SMILES string of the molecule is CCc1nn(C)cc1C(=O)NCCS(N)(=O)=O. The highest BCUT2D eigenvalue weighted by Gasteiger charge is 2.14. The van der Waals surface area contributed by atoms with E-state index in [0.717, 1.165) is 0 Å². The molecule has 0 aromatic carbocycles. The first-order valence-corrected chi connectivity index (χ1v) is 6.86. The summed E-state index contributed by atoms with van der Waals surface area (Å²) in [5.41, 5.74) is 1.14. The molecule has 0 saturated carbocycles. The van der Waals surface area contributed by atoms with Crippen LogP contribution in [0.2, 0.25) is 0 Å². The molecular formula is C9H16N4O3S. The molecule has 1 heterocycles. The van der Waals surface area contributed by atoms with Crippen LogP contribution < -0.4 is 10.5 Å². The number of nitrogens with one attached hydrogen (secondary N) is 1. The second-order valence-corrected chi connectivity index (χ2v) is 5.37. The van der Waals surface area contributed by atoms with Crippen LogP contribution in [0, 0.1) is 0 Å². The molecule has 1 amide bonds. The normalized spacial score (nSPS) is 11.5. The molecule has 0 unspecified atom stereocenters. The third-order valence-electron chi connectivity index (χ3n) is 2.16. The molecule has 1 rings (SSSR count). The Kier molecular flexibility index (Phi) is 4.24. The fourth-order valence-corrected chi connectivity index (χ4v) is 1.77. The molecular weight excluding hydrogens is 244 g/mol. The van der Waals surface area contributed by atoms with Crippen molar-refractivity contribution in [3.8, 4) is 0 Å². The van der Waals surface area contributed by atoms with E-state index < -0.39 is 10.0 Å². The zero-order valence-electron chi connectivity index (χ0n) is 9.80. The van der Waals surface area contributed by atoms with Crippen molar-refractivity contribution in [3.63, 3.8) is 0 Å². The molecule has 0 atom stereocenters. The van der Waals surface area contributed by atoms with Gasteiger partial charge in [0.25, 0.3) is 5.91 Å². The number of nitrogens with two attached hydrogens (primary N) is 1. The van der Waals surface area contributed by atoms with Crippen molar-refractivity contribution in [1.29, 1.82) is 0 Å². The summed E-state index contributed by atoms with van der Waals surface area (Å²) >= 11 is 0. The van der Waals surface area contributed by atoms with Crippen LogP contribution in [0.5, 0.6) is 0 Å². The van der Waals surface area contributed by atoms with Gasteiger partial charge in [-0.1, -0.05) is 6.92 Å². The van der Waals surface area contributed by atoms with Crippen molar-refractivity contribution < 1.29 is 13.2 Å². The number of hydrogen-bond acceptors (Lipinski definition) is 4. The first kappa shape index (κ1) is 13.7. The lowest BCUT2D eigenvalue weighted by Crippen LogP contribution is -2.31. The van der Waals surface area contributed by atoms with Crippen molar-refractivity contribution in [1.82, 2.24) is 15.1 Å². The zero-order valence-corrected chi connectivity index (χ0v) is 10.6. The number of carbonyl (C=O) groups is 1. The van der Waals surface area contributed by atoms with E-state index in [1.807, 2.05) is 6.92 Å². The minimum atomic E-state index is -3.55. The van der Waals surface area contributed by atoms with Gasteiger partial charge in [-0.05, 0) is 6.42 Å². The van der Waals surface area contributed by atoms with Crippen LogP contribution in [0.4, 0.5) is 0 Å². The number of aromatic nitrogens is 2. The number of primary sulfonamides is 1. The van der Waals surface area contributed by atoms with Crippen molar-refractivity contribution in [2.24, 2.45) is 12.2 Å². The summed E-state index contributed by atoms with van der Waals surface area (Å²) in [6.07, 6.45) is 2.24. The molecule has 0 aliphatic carbocycles. The number of aryl methyl sites for hydroxylation is 2. The average Bonchev–Trinajstić information content (AvgIpc) is 2.57. The van der Waals surface area contributed by atoms with E-state index in [4.69, 9.17) is 5.14 Å². The van der Waals surface area contributed by atoms with Gasteiger partial charge in [-0.25, -0.2) is 13.6 Å². The number of amides is 1. The van der Waals surface area contributed by atoms with Gasteiger partial charge in [-0.3, -0.25) is 9.48 Å². The zero-order chi connectivity index (χ0) is 13.1. The quantitative estimate of drug-likeness (QED) is 0.708. The van der Waals surface area contributed by atoms with Crippen molar-refractivity contribution in [2.45, 2.75) is 13.3 Å². The van der Waals surface area contributed by atoms with Crippen LogP contribution in [-0.2, 0) is 23.5 Å². The molecule has 96 valence electrons. The fraction of sp³-hybridized carbons (Fsp3) is 0.556. The third-order valence-corrected chi connectivity index (χ3v) is 2.93. The molecule has 0 aliphatic rings. The lowest BCUT2D eigenvalue weighted by Gasteiger charge is -2.03. The Labute approximate surface area is 100 Å². The minimum absolute atomic E-state index is 0.00425. The van der Waals surface area contributed by atoms with E-state index in [1.54, 1.807) is 17.9 Å². The number of carbonyl (C=O) groups excluding carboxylic acids is 1. The van der Waals surface area contributed by atoms with Gasteiger partial charge in [0.1, 0.15) is 0 Å². The maximum absolute atomic E-state index is 11.7. The van der Waals surface area contributed by atoms with E-state index in [-0.39, 0.29) is 18.2 Å². The lowest BCUT2D eigenvalue weighted by atomic mass is 10.2. The Morgan fingerprint density at radius 1 is 1.59 bits per heavy atom. The number of nitrogens with zero attached hydrogens (tertiary/aromatic N) is 2. The average molecular weight is 260 g/mol. The van der Waals surface area contributed by atoms with Crippen molar-refractivity contribution in [2.75, 3.05) is 12.3 Å². The molecule has 1 aromatic rings. The Bertz CT molecular complexity index is 506. The monoisotopic (exact) mass is 260 g/mol. The largest absolute Gasteiger partial charge is 0.351 e. The number of rotatable bonds is 5. The fourth-order valence-electron chi connectivity index (χ4n) is 1.39. The Balaban J connectivity index is 2.64.